The standard InChI is InChI=1S/C16H19ClN2O/c1-16(2,3)8-9-18-15(20)12-10-11-6-4-5-7-13(11)19-14(12)17/h4-7,10H,8-9H2,1-3H3,(H,18,20). The van der Waals surface area contributed by atoms with Crippen LogP contribution in [0.4, 0.5) is 0 Å². The number of pyridine rings is 1. The summed E-state index contributed by atoms with van der Waals surface area (Å²) in [6, 6.07) is 9.40. The molecule has 1 aromatic heterocycles. The molecule has 20 heavy (non-hydrogen) atoms. The number of fused-ring (bicyclic) bond motifs is 1. The third kappa shape index (κ3) is 3.70. The maximum absolute atomic E-state index is 12.2. The Bertz CT molecular complexity index is 632. The highest BCUT2D eigenvalue weighted by Gasteiger charge is 2.14. The van der Waals surface area contributed by atoms with Gasteiger partial charge in [0.2, 0.25) is 0 Å². The number of nitrogens with one attached hydrogen (secondary N) is 1. The van der Waals surface area contributed by atoms with Gasteiger partial charge in [0, 0.05) is 11.9 Å². The summed E-state index contributed by atoms with van der Waals surface area (Å²) in [6.07, 6.45) is 0.914. The molecule has 106 valence electrons. The van der Waals surface area contributed by atoms with Crippen LogP contribution in [0.1, 0.15) is 37.6 Å². The van der Waals surface area contributed by atoms with Crippen molar-refractivity contribution in [2.75, 3.05) is 6.54 Å². The minimum Gasteiger partial charge on any atom is -0.352 e. The fraction of sp³-hybridized carbons (Fsp3) is 0.375. The number of amides is 1. The summed E-state index contributed by atoms with van der Waals surface area (Å²) in [5, 5.41) is 4.06. The zero-order valence-corrected chi connectivity index (χ0v) is 12.8. The predicted molar refractivity (Wildman–Crippen MR) is 83.2 cm³/mol. The lowest BCUT2D eigenvalue weighted by atomic mass is 9.92. The third-order valence-electron chi connectivity index (χ3n) is 3.08. The van der Waals surface area contributed by atoms with E-state index in [0.29, 0.717) is 12.1 Å². The average molecular weight is 291 g/mol. The molecule has 0 aliphatic heterocycles. The van der Waals surface area contributed by atoms with E-state index in [4.69, 9.17) is 11.6 Å². The largest absolute Gasteiger partial charge is 0.352 e. The number of rotatable bonds is 3. The van der Waals surface area contributed by atoms with Crippen molar-refractivity contribution in [2.24, 2.45) is 5.41 Å². The molecular weight excluding hydrogens is 272 g/mol. The molecule has 0 saturated carbocycles. The number of carbonyl (C=O) groups excluding carboxylic acids is 1. The first-order chi connectivity index (χ1) is 9.37. The van der Waals surface area contributed by atoms with Crippen LogP contribution in [0.15, 0.2) is 30.3 Å². The molecule has 4 heteroatoms. The van der Waals surface area contributed by atoms with Gasteiger partial charge in [-0.1, -0.05) is 50.6 Å². The Hall–Kier alpha value is -1.61. The second-order valence-corrected chi connectivity index (χ2v) is 6.44. The van der Waals surface area contributed by atoms with Crippen LogP contribution in [-0.4, -0.2) is 17.4 Å². The van der Waals surface area contributed by atoms with Gasteiger partial charge < -0.3 is 5.32 Å². The molecule has 0 radical (unpaired) electrons. The molecule has 1 amide bonds. The number of hydrogen-bond acceptors (Lipinski definition) is 2. The van der Waals surface area contributed by atoms with Crippen LogP contribution in [0.2, 0.25) is 5.15 Å². The Morgan fingerprint density at radius 3 is 2.70 bits per heavy atom. The number of hydrogen-bond donors (Lipinski definition) is 1. The highest BCUT2D eigenvalue weighted by molar-refractivity contribution is 6.33. The molecule has 0 unspecified atom stereocenters. The Labute approximate surface area is 124 Å². The van der Waals surface area contributed by atoms with Gasteiger partial charge in [-0.15, -0.1) is 0 Å². The van der Waals surface area contributed by atoms with Gasteiger partial charge in [0.1, 0.15) is 5.15 Å². The number of carbonyl (C=O) groups is 1. The Kier molecular flexibility index (Phi) is 4.29. The van der Waals surface area contributed by atoms with Crippen molar-refractivity contribution in [3.05, 3.63) is 41.0 Å². The van der Waals surface area contributed by atoms with Crippen LogP contribution in [0.25, 0.3) is 10.9 Å². The van der Waals surface area contributed by atoms with Crippen LogP contribution in [-0.2, 0) is 0 Å². The van der Waals surface area contributed by atoms with Crippen molar-refractivity contribution in [3.8, 4) is 0 Å². The number of aromatic nitrogens is 1. The van der Waals surface area contributed by atoms with E-state index >= 15 is 0 Å². The smallest absolute Gasteiger partial charge is 0.254 e. The summed E-state index contributed by atoms with van der Waals surface area (Å²) < 4.78 is 0. The van der Waals surface area contributed by atoms with Crippen LogP contribution < -0.4 is 5.32 Å². The van der Waals surface area contributed by atoms with E-state index in [9.17, 15) is 4.79 Å². The zero-order valence-electron chi connectivity index (χ0n) is 12.0. The Morgan fingerprint density at radius 1 is 1.30 bits per heavy atom. The van der Waals surface area contributed by atoms with Gasteiger partial charge in [0.15, 0.2) is 0 Å². The first-order valence-electron chi connectivity index (χ1n) is 6.70. The molecule has 1 heterocycles. The summed E-state index contributed by atoms with van der Waals surface area (Å²) >= 11 is 6.09. The van der Waals surface area contributed by atoms with E-state index in [1.807, 2.05) is 24.3 Å². The van der Waals surface area contributed by atoms with Gasteiger partial charge in [-0.25, -0.2) is 4.98 Å². The van der Waals surface area contributed by atoms with Crippen LogP contribution >= 0.6 is 11.6 Å². The van der Waals surface area contributed by atoms with Crippen LogP contribution in [0, 0.1) is 5.41 Å². The second-order valence-electron chi connectivity index (χ2n) is 6.09. The summed E-state index contributed by atoms with van der Waals surface area (Å²) in [5.41, 5.74) is 1.42. The molecular formula is C16H19ClN2O. The topological polar surface area (TPSA) is 42.0 Å². The van der Waals surface area contributed by atoms with Gasteiger partial charge >= 0.3 is 0 Å². The van der Waals surface area contributed by atoms with Gasteiger partial charge in [0.25, 0.3) is 5.91 Å². The Balaban J connectivity index is 2.15. The summed E-state index contributed by atoms with van der Waals surface area (Å²) in [5.74, 6) is -0.169. The Morgan fingerprint density at radius 2 is 2.00 bits per heavy atom. The molecule has 0 bridgehead atoms. The SMILES string of the molecule is CC(C)(C)CCNC(=O)c1cc2ccccc2nc1Cl. The first-order valence-corrected chi connectivity index (χ1v) is 7.08. The number of nitrogens with zero attached hydrogens (tertiary/aromatic N) is 1. The highest BCUT2D eigenvalue weighted by Crippen LogP contribution is 2.21. The monoisotopic (exact) mass is 290 g/mol. The second kappa shape index (κ2) is 5.80. The van der Waals surface area contributed by atoms with Crippen molar-refractivity contribution in [1.29, 1.82) is 0 Å². The molecule has 0 atom stereocenters. The molecule has 0 fully saturated rings. The van der Waals surface area contributed by atoms with E-state index in [0.717, 1.165) is 17.3 Å². The lowest BCUT2D eigenvalue weighted by molar-refractivity contribution is 0.0949. The summed E-state index contributed by atoms with van der Waals surface area (Å²) in [7, 11) is 0. The van der Waals surface area contributed by atoms with E-state index in [-0.39, 0.29) is 16.5 Å². The van der Waals surface area contributed by atoms with E-state index < -0.39 is 0 Å². The first kappa shape index (κ1) is 14.8. The minimum atomic E-state index is -0.169. The molecule has 0 saturated heterocycles. The van der Waals surface area contributed by atoms with Crippen molar-refractivity contribution in [3.63, 3.8) is 0 Å². The molecule has 0 spiro atoms. The van der Waals surface area contributed by atoms with Gasteiger partial charge in [-0.05, 0) is 24.0 Å². The highest BCUT2D eigenvalue weighted by atomic mass is 35.5. The van der Waals surface area contributed by atoms with E-state index in [1.54, 1.807) is 6.07 Å². The molecule has 0 aliphatic carbocycles. The molecule has 1 N–H and O–H groups in total. The van der Waals surface area contributed by atoms with Crippen LogP contribution in [0.5, 0.6) is 0 Å². The van der Waals surface area contributed by atoms with Crippen molar-refractivity contribution in [2.45, 2.75) is 27.2 Å². The molecule has 3 nitrogen and oxygen atoms in total. The number of benzene rings is 1. The molecule has 1 aromatic carbocycles. The van der Waals surface area contributed by atoms with E-state index in [1.165, 1.54) is 0 Å². The fourth-order valence-electron chi connectivity index (χ4n) is 1.90. The van der Waals surface area contributed by atoms with Crippen LogP contribution in [0.3, 0.4) is 0 Å². The van der Waals surface area contributed by atoms with Gasteiger partial charge in [0.05, 0.1) is 11.1 Å². The third-order valence-corrected chi connectivity index (χ3v) is 3.37. The molecule has 0 aliphatic rings. The minimum absolute atomic E-state index is 0.169. The van der Waals surface area contributed by atoms with E-state index in [2.05, 4.69) is 31.1 Å². The lowest BCUT2D eigenvalue weighted by Gasteiger charge is -2.18. The molecule has 2 rings (SSSR count). The van der Waals surface area contributed by atoms with Crippen molar-refractivity contribution in [1.82, 2.24) is 10.3 Å². The zero-order chi connectivity index (χ0) is 14.8. The average Bonchev–Trinajstić information content (AvgIpc) is 2.36. The molecule has 2 aromatic rings. The lowest BCUT2D eigenvalue weighted by Crippen LogP contribution is -2.27. The van der Waals surface area contributed by atoms with Crippen molar-refractivity contribution < 1.29 is 4.79 Å². The quantitative estimate of drug-likeness (QED) is 0.866. The van der Waals surface area contributed by atoms with Gasteiger partial charge in [-0.3, -0.25) is 4.79 Å². The number of para-hydroxylation sites is 1. The maximum Gasteiger partial charge on any atom is 0.254 e. The van der Waals surface area contributed by atoms with Crippen molar-refractivity contribution >= 4 is 28.4 Å². The fourth-order valence-corrected chi connectivity index (χ4v) is 2.13. The number of halogens is 1. The van der Waals surface area contributed by atoms with Gasteiger partial charge in [-0.2, -0.15) is 0 Å². The predicted octanol–water partition coefficient (Wildman–Crippen LogP) is 4.05. The maximum atomic E-state index is 12.2. The normalized spacial score (nSPS) is 11.6. The summed E-state index contributed by atoms with van der Waals surface area (Å²) in [4.78, 5) is 16.4. The summed E-state index contributed by atoms with van der Waals surface area (Å²) in [6.45, 7) is 7.06.